The zero-order chi connectivity index (χ0) is 23.8. The van der Waals surface area contributed by atoms with Crippen LogP contribution in [0, 0.1) is 12.7 Å². The maximum Gasteiger partial charge on any atom is 0.319 e. The summed E-state index contributed by atoms with van der Waals surface area (Å²) < 4.78 is 13.2. The molecule has 2 N–H and O–H groups in total. The Hall–Kier alpha value is -4.20. The Kier molecular flexibility index (Phi) is 7.75. The minimum Gasteiger partial charge on any atom is -0.329 e. The van der Waals surface area contributed by atoms with Gasteiger partial charge < -0.3 is 20.4 Å². The number of nitrogens with one attached hydrogen (secondary N) is 2. The Balaban J connectivity index is 1.67. The standard InChI is InChI=1S/C25H25FN4O3/c1-18-7-6-8-20(15-18)28-25(33)27-16-23(31)30(22-9-4-3-5-10-22)17-24(32)29(2)21-13-11-19(26)12-14-21/h3-15H,16-17H2,1-2H3,(H2,27,28,33). The molecule has 8 heteroatoms. The number of benzene rings is 3. The highest BCUT2D eigenvalue weighted by molar-refractivity contribution is 6.05. The average Bonchev–Trinajstić information content (AvgIpc) is 2.81. The van der Waals surface area contributed by atoms with Crippen molar-refractivity contribution in [2.75, 3.05) is 35.3 Å². The number of anilines is 3. The van der Waals surface area contributed by atoms with E-state index in [4.69, 9.17) is 0 Å². The van der Waals surface area contributed by atoms with Crippen molar-refractivity contribution in [3.8, 4) is 0 Å². The van der Waals surface area contributed by atoms with E-state index in [-0.39, 0.29) is 19.0 Å². The molecule has 0 spiro atoms. The van der Waals surface area contributed by atoms with E-state index in [0.29, 0.717) is 17.1 Å². The highest BCUT2D eigenvalue weighted by atomic mass is 19.1. The van der Waals surface area contributed by atoms with Gasteiger partial charge in [0.25, 0.3) is 0 Å². The second-order valence-electron chi connectivity index (χ2n) is 7.42. The van der Waals surface area contributed by atoms with Gasteiger partial charge in [0.15, 0.2) is 0 Å². The summed E-state index contributed by atoms with van der Waals surface area (Å²) in [4.78, 5) is 40.7. The molecule has 0 atom stereocenters. The molecule has 3 aromatic rings. The van der Waals surface area contributed by atoms with Crippen LogP contribution in [0.3, 0.4) is 0 Å². The molecule has 0 fully saturated rings. The SMILES string of the molecule is Cc1cccc(NC(=O)NCC(=O)N(CC(=O)N(C)c2ccc(F)cc2)c2ccccc2)c1. The number of aryl methyl sites for hydroxylation is 1. The molecule has 0 aliphatic carbocycles. The van der Waals surface area contributed by atoms with Gasteiger partial charge in [0.2, 0.25) is 11.8 Å². The van der Waals surface area contributed by atoms with Crippen LogP contribution in [0.4, 0.5) is 26.2 Å². The van der Waals surface area contributed by atoms with Gasteiger partial charge >= 0.3 is 6.03 Å². The minimum atomic E-state index is -0.531. The Labute approximate surface area is 191 Å². The minimum absolute atomic E-state index is 0.252. The summed E-state index contributed by atoms with van der Waals surface area (Å²) in [5, 5.41) is 5.21. The lowest BCUT2D eigenvalue weighted by atomic mass is 10.2. The van der Waals surface area contributed by atoms with Gasteiger partial charge in [-0.15, -0.1) is 0 Å². The zero-order valence-electron chi connectivity index (χ0n) is 18.4. The molecule has 0 saturated heterocycles. The van der Waals surface area contributed by atoms with Crippen molar-refractivity contribution in [2.45, 2.75) is 6.92 Å². The van der Waals surface area contributed by atoms with Crippen LogP contribution in [0.2, 0.25) is 0 Å². The number of para-hydroxylation sites is 1. The summed E-state index contributed by atoms with van der Waals surface area (Å²) >= 11 is 0. The maximum atomic E-state index is 13.2. The number of carbonyl (C=O) groups is 3. The van der Waals surface area contributed by atoms with Gasteiger partial charge in [-0.3, -0.25) is 9.59 Å². The van der Waals surface area contributed by atoms with E-state index in [1.807, 2.05) is 25.1 Å². The van der Waals surface area contributed by atoms with Gasteiger partial charge in [0.1, 0.15) is 12.4 Å². The van der Waals surface area contributed by atoms with E-state index < -0.39 is 17.8 Å². The van der Waals surface area contributed by atoms with Crippen LogP contribution in [0.25, 0.3) is 0 Å². The van der Waals surface area contributed by atoms with E-state index in [1.165, 1.54) is 34.1 Å². The number of likely N-dealkylation sites (N-methyl/N-ethyl adjacent to an activating group) is 1. The molecule has 0 saturated carbocycles. The molecule has 33 heavy (non-hydrogen) atoms. The molecule has 7 nitrogen and oxygen atoms in total. The van der Waals surface area contributed by atoms with Crippen molar-refractivity contribution in [3.63, 3.8) is 0 Å². The normalized spacial score (nSPS) is 10.3. The van der Waals surface area contributed by atoms with Crippen LogP contribution < -0.4 is 20.4 Å². The molecule has 0 radical (unpaired) electrons. The summed E-state index contributed by atoms with van der Waals surface area (Å²) in [6.07, 6.45) is 0. The third-order valence-corrected chi connectivity index (χ3v) is 4.93. The van der Waals surface area contributed by atoms with Crippen LogP contribution in [-0.4, -0.2) is 38.0 Å². The van der Waals surface area contributed by atoms with Gasteiger partial charge in [0, 0.05) is 24.1 Å². The number of amides is 4. The number of carbonyl (C=O) groups excluding carboxylic acids is 3. The predicted molar refractivity (Wildman–Crippen MR) is 127 cm³/mol. The van der Waals surface area contributed by atoms with Crippen molar-refractivity contribution in [1.29, 1.82) is 0 Å². The molecule has 3 aromatic carbocycles. The highest BCUT2D eigenvalue weighted by Gasteiger charge is 2.22. The quantitative estimate of drug-likeness (QED) is 0.574. The van der Waals surface area contributed by atoms with E-state index in [0.717, 1.165) is 5.56 Å². The maximum absolute atomic E-state index is 13.2. The largest absolute Gasteiger partial charge is 0.329 e. The molecule has 0 aliphatic rings. The summed E-state index contributed by atoms with van der Waals surface area (Å²) in [7, 11) is 1.55. The van der Waals surface area contributed by atoms with Crippen LogP contribution in [-0.2, 0) is 9.59 Å². The molecule has 0 aliphatic heterocycles. The molecule has 0 heterocycles. The molecule has 4 amide bonds. The fraction of sp³-hybridized carbons (Fsp3) is 0.160. The smallest absolute Gasteiger partial charge is 0.319 e. The first-order valence-corrected chi connectivity index (χ1v) is 10.3. The van der Waals surface area contributed by atoms with Crippen molar-refractivity contribution >= 4 is 34.9 Å². The Morgan fingerprint density at radius 1 is 0.848 bits per heavy atom. The summed E-state index contributed by atoms with van der Waals surface area (Å²) in [5.74, 6) is -1.24. The van der Waals surface area contributed by atoms with E-state index in [9.17, 15) is 18.8 Å². The summed E-state index contributed by atoms with van der Waals surface area (Å²) in [6.45, 7) is 1.35. The molecule has 0 unspecified atom stereocenters. The lowest BCUT2D eigenvalue weighted by Gasteiger charge is -2.25. The monoisotopic (exact) mass is 448 g/mol. The van der Waals surface area contributed by atoms with Gasteiger partial charge in [0.05, 0.1) is 6.54 Å². The van der Waals surface area contributed by atoms with Gasteiger partial charge in [-0.05, 0) is 61.0 Å². The second kappa shape index (κ2) is 10.9. The van der Waals surface area contributed by atoms with Crippen molar-refractivity contribution in [3.05, 3.63) is 90.2 Å². The van der Waals surface area contributed by atoms with Gasteiger partial charge in [-0.1, -0.05) is 30.3 Å². The average molecular weight is 448 g/mol. The summed E-state index contributed by atoms with van der Waals surface area (Å²) in [6, 6.07) is 20.9. The molecule has 3 rings (SSSR count). The van der Waals surface area contributed by atoms with Crippen molar-refractivity contribution < 1.29 is 18.8 Å². The lowest BCUT2D eigenvalue weighted by Crippen LogP contribution is -2.46. The van der Waals surface area contributed by atoms with Crippen LogP contribution in [0.5, 0.6) is 0 Å². The number of rotatable bonds is 7. The van der Waals surface area contributed by atoms with E-state index in [1.54, 1.807) is 43.4 Å². The fourth-order valence-electron chi connectivity index (χ4n) is 3.13. The number of nitrogens with zero attached hydrogens (tertiary/aromatic N) is 2. The number of hydrogen-bond acceptors (Lipinski definition) is 3. The van der Waals surface area contributed by atoms with Gasteiger partial charge in [-0.25, -0.2) is 9.18 Å². The molecule has 0 aromatic heterocycles. The van der Waals surface area contributed by atoms with Crippen LogP contribution in [0.15, 0.2) is 78.9 Å². The fourth-order valence-corrected chi connectivity index (χ4v) is 3.13. The first-order chi connectivity index (χ1) is 15.8. The zero-order valence-corrected chi connectivity index (χ0v) is 18.4. The predicted octanol–water partition coefficient (Wildman–Crippen LogP) is 3.95. The van der Waals surface area contributed by atoms with E-state index in [2.05, 4.69) is 10.6 Å². The molecule has 0 bridgehead atoms. The number of halogens is 1. The van der Waals surface area contributed by atoms with Crippen LogP contribution >= 0.6 is 0 Å². The Morgan fingerprint density at radius 2 is 1.55 bits per heavy atom. The summed E-state index contributed by atoms with van der Waals surface area (Å²) in [5.41, 5.74) is 2.61. The lowest BCUT2D eigenvalue weighted by molar-refractivity contribution is -0.121. The topological polar surface area (TPSA) is 81.8 Å². The van der Waals surface area contributed by atoms with Gasteiger partial charge in [-0.2, -0.15) is 0 Å². The Bertz CT molecular complexity index is 1120. The molecule has 170 valence electrons. The third kappa shape index (κ3) is 6.64. The van der Waals surface area contributed by atoms with Crippen LogP contribution in [0.1, 0.15) is 5.56 Å². The highest BCUT2D eigenvalue weighted by Crippen LogP contribution is 2.17. The first kappa shape index (κ1) is 23.5. The number of urea groups is 1. The number of hydrogen-bond donors (Lipinski definition) is 2. The third-order valence-electron chi connectivity index (χ3n) is 4.93. The second-order valence-corrected chi connectivity index (χ2v) is 7.42. The van der Waals surface area contributed by atoms with Crippen molar-refractivity contribution in [1.82, 2.24) is 5.32 Å². The molecular weight excluding hydrogens is 423 g/mol. The molecular formula is C25H25FN4O3. The van der Waals surface area contributed by atoms with Crippen molar-refractivity contribution in [2.24, 2.45) is 0 Å². The Morgan fingerprint density at radius 3 is 2.21 bits per heavy atom. The first-order valence-electron chi connectivity index (χ1n) is 10.3. The van der Waals surface area contributed by atoms with E-state index >= 15 is 0 Å².